The van der Waals surface area contributed by atoms with Gasteiger partial charge in [-0.05, 0) is 25.3 Å². The van der Waals surface area contributed by atoms with Gasteiger partial charge in [-0.1, -0.05) is 6.42 Å². The van der Waals surface area contributed by atoms with Gasteiger partial charge in [0.1, 0.15) is 0 Å². The van der Waals surface area contributed by atoms with Crippen LogP contribution in [0.25, 0.3) is 0 Å². The predicted molar refractivity (Wildman–Crippen MR) is 42.1 cm³/mol. The van der Waals surface area contributed by atoms with E-state index in [0.29, 0.717) is 0 Å². The van der Waals surface area contributed by atoms with Crippen molar-refractivity contribution in [2.45, 2.75) is 19.3 Å². The summed E-state index contributed by atoms with van der Waals surface area (Å²) in [6, 6.07) is 0. The zero-order valence-electron chi connectivity index (χ0n) is 6.73. The Bertz CT molecular complexity index is 77.3. The van der Waals surface area contributed by atoms with Crippen molar-refractivity contribution >= 4 is 0 Å². The molecule has 10 heavy (non-hydrogen) atoms. The summed E-state index contributed by atoms with van der Waals surface area (Å²) in [5.74, 6) is 0.757. The van der Waals surface area contributed by atoms with Crippen molar-refractivity contribution in [2.75, 3.05) is 26.8 Å². The Morgan fingerprint density at radius 3 is 3.20 bits per heavy atom. The highest BCUT2D eigenvalue weighted by molar-refractivity contribution is 4.66. The number of rotatable bonds is 2. The second kappa shape index (κ2) is 4.69. The Hall–Kier alpha value is -0.0800. The Balaban J connectivity index is 2.15. The fourth-order valence-corrected chi connectivity index (χ4v) is 1.47. The molecule has 0 amide bonds. The largest absolute Gasteiger partial charge is 0.384 e. The smallest absolute Gasteiger partial charge is 0.0502 e. The molecule has 1 rings (SSSR count). The summed E-state index contributed by atoms with van der Waals surface area (Å²) in [4.78, 5) is 0. The summed E-state index contributed by atoms with van der Waals surface area (Å²) < 4.78 is 5.10. The molecule has 0 radical (unpaired) electrons. The van der Waals surface area contributed by atoms with Crippen LogP contribution in [0, 0.1) is 5.92 Å². The molecule has 0 aromatic rings. The molecule has 1 aliphatic rings. The zero-order chi connectivity index (χ0) is 7.23. The lowest BCUT2D eigenvalue weighted by Crippen LogP contribution is -2.23. The van der Waals surface area contributed by atoms with Crippen LogP contribution in [0.15, 0.2) is 0 Å². The van der Waals surface area contributed by atoms with Crippen molar-refractivity contribution in [3.63, 3.8) is 0 Å². The third kappa shape index (κ3) is 2.67. The fourth-order valence-electron chi connectivity index (χ4n) is 1.47. The lowest BCUT2D eigenvalue weighted by Gasteiger charge is -2.11. The molecule has 1 N–H and O–H groups in total. The molecule has 0 saturated carbocycles. The van der Waals surface area contributed by atoms with Crippen LogP contribution in [0.1, 0.15) is 19.3 Å². The maximum Gasteiger partial charge on any atom is 0.0502 e. The monoisotopic (exact) mass is 143 g/mol. The Labute approximate surface area is 63.0 Å². The topological polar surface area (TPSA) is 21.3 Å². The van der Waals surface area contributed by atoms with E-state index in [-0.39, 0.29) is 0 Å². The quantitative estimate of drug-likeness (QED) is 0.623. The van der Waals surface area contributed by atoms with Crippen LogP contribution in [0.5, 0.6) is 0 Å². The summed E-state index contributed by atoms with van der Waals surface area (Å²) in [5, 5.41) is 3.40. The van der Waals surface area contributed by atoms with Crippen LogP contribution in [0.3, 0.4) is 0 Å². The second-order valence-electron chi connectivity index (χ2n) is 3.02. The molecule has 0 bridgehead atoms. The van der Waals surface area contributed by atoms with E-state index in [1.54, 1.807) is 7.11 Å². The molecular weight excluding hydrogens is 126 g/mol. The molecule has 0 aliphatic carbocycles. The third-order valence-electron chi connectivity index (χ3n) is 2.05. The normalized spacial score (nSPS) is 27.9. The summed E-state index contributed by atoms with van der Waals surface area (Å²) >= 11 is 0. The van der Waals surface area contributed by atoms with E-state index in [0.717, 1.165) is 19.1 Å². The molecule has 0 spiro atoms. The van der Waals surface area contributed by atoms with Gasteiger partial charge >= 0.3 is 0 Å². The van der Waals surface area contributed by atoms with Gasteiger partial charge in [-0.3, -0.25) is 0 Å². The first-order chi connectivity index (χ1) is 4.93. The second-order valence-corrected chi connectivity index (χ2v) is 3.02. The summed E-state index contributed by atoms with van der Waals surface area (Å²) in [6.45, 7) is 3.26. The lowest BCUT2D eigenvalue weighted by atomic mass is 10.1. The molecule has 1 aliphatic heterocycles. The van der Waals surface area contributed by atoms with Crippen LogP contribution in [-0.4, -0.2) is 26.8 Å². The Morgan fingerprint density at radius 1 is 1.50 bits per heavy atom. The van der Waals surface area contributed by atoms with E-state index in [4.69, 9.17) is 4.74 Å². The third-order valence-corrected chi connectivity index (χ3v) is 2.05. The van der Waals surface area contributed by atoms with Crippen molar-refractivity contribution in [3.05, 3.63) is 0 Å². The Morgan fingerprint density at radius 2 is 2.40 bits per heavy atom. The van der Waals surface area contributed by atoms with Crippen LogP contribution in [-0.2, 0) is 4.74 Å². The molecule has 1 unspecified atom stereocenters. The first-order valence-electron chi connectivity index (χ1n) is 4.13. The predicted octanol–water partition coefficient (Wildman–Crippen LogP) is 1.02. The van der Waals surface area contributed by atoms with Crippen molar-refractivity contribution in [1.82, 2.24) is 5.32 Å². The van der Waals surface area contributed by atoms with Gasteiger partial charge < -0.3 is 10.1 Å². The Kier molecular flexibility index (Phi) is 3.76. The highest BCUT2D eigenvalue weighted by atomic mass is 16.5. The molecule has 2 nitrogen and oxygen atoms in total. The molecule has 2 heteroatoms. The fraction of sp³-hybridized carbons (Fsp3) is 1.00. The van der Waals surface area contributed by atoms with Crippen molar-refractivity contribution in [3.8, 4) is 0 Å². The minimum absolute atomic E-state index is 0.757. The first-order valence-corrected chi connectivity index (χ1v) is 4.13. The minimum atomic E-state index is 0.757. The first kappa shape index (κ1) is 8.02. The lowest BCUT2D eigenvalue weighted by molar-refractivity contribution is 0.149. The summed E-state index contributed by atoms with van der Waals surface area (Å²) in [6.07, 6.45) is 4.03. The van der Waals surface area contributed by atoms with E-state index in [1.165, 1.54) is 25.8 Å². The SMILES string of the molecule is COCC1CCCCNC1. The number of hydrogen-bond donors (Lipinski definition) is 1. The van der Waals surface area contributed by atoms with Gasteiger partial charge in [0.05, 0.1) is 6.61 Å². The standard InChI is InChI=1S/C8H17NO/c1-10-7-8-4-2-3-5-9-6-8/h8-9H,2-7H2,1H3. The number of nitrogens with one attached hydrogen (secondary N) is 1. The molecule has 1 atom stereocenters. The van der Waals surface area contributed by atoms with E-state index >= 15 is 0 Å². The molecule has 60 valence electrons. The van der Waals surface area contributed by atoms with E-state index in [9.17, 15) is 0 Å². The van der Waals surface area contributed by atoms with Crippen LogP contribution in [0.2, 0.25) is 0 Å². The van der Waals surface area contributed by atoms with Gasteiger partial charge in [0.25, 0.3) is 0 Å². The molecule has 0 aromatic carbocycles. The molecular formula is C8H17NO. The maximum absolute atomic E-state index is 5.10. The summed E-state index contributed by atoms with van der Waals surface area (Å²) in [7, 11) is 1.78. The van der Waals surface area contributed by atoms with Gasteiger partial charge in [-0.25, -0.2) is 0 Å². The average Bonchev–Trinajstić information content (AvgIpc) is 2.17. The highest BCUT2D eigenvalue weighted by Gasteiger charge is 2.10. The maximum atomic E-state index is 5.10. The van der Waals surface area contributed by atoms with Crippen molar-refractivity contribution < 1.29 is 4.74 Å². The molecule has 1 fully saturated rings. The van der Waals surface area contributed by atoms with Crippen LogP contribution in [0.4, 0.5) is 0 Å². The molecule has 0 aromatic heterocycles. The van der Waals surface area contributed by atoms with Crippen LogP contribution >= 0.6 is 0 Å². The molecule has 1 heterocycles. The van der Waals surface area contributed by atoms with Crippen molar-refractivity contribution in [1.29, 1.82) is 0 Å². The van der Waals surface area contributed by atoms with Crippen LogP contribution < -0.4 is 5.32 Å². The molecule has 1 saturated heterocycles. The van der Waals surface area contributed by atoms with Gasteiger partial charge in [0, 0.05) is 13.7 Å². The average molecular weight is 143 g/mol. The number of ether oxygens (including phenoxy) is 1. The number of methoxy groups -OCH3 is 1. The number of hydrogen-bond acceptors (Lipinski definition) is 2. The van der Waals surface area contributed by atoms with E-state index in [2.05, 4.69) is 5.32 Å². The van der Waals surface area contributed by atoms with Gasteiger partial charge in [0.2, 0.25) is 0 Å². The van der Waals surface area contributed by atoms with E-state index in [1.807, 2.05) is 0 Å². The van der Waals surface area contributed by atoms with Gasteiger partial charge in [-0.15, -0.1) is 0 Å². The highest BCUT2D eigenvalue weighted by Crippen LogP contribution is 2.10. The zero-order valence-corrected chi connectivity index (χ0v) is 6.73. The van der Waals surface area contributed by atoms with Gasteiger partial charge in [0.15, 0.2) is 0 Å². The van der Waals surface area contributed by atoms with Crippen molar-refractivity contribution in [2.24, 2.45) is 5.92 Å². The minimum Gasteiger partial charge on any atom is -0.384 e. The summed E-state index contributed by atoms with van der Waals surface area (Å²) in [5.41, 5.74) is 0. The van der Waals surface area contributed by atoms with Gasteiger partial charge in [-0.2, -0.15) is 0 Å². The van der Waals surface area contributed by atoms with E-state index < -0.39 is 0 Å².